The lowest BCUT2D eigenvalue weighted by molar-refractivity contribution is 0.0601. The Morgan fingerprint density at radius 2 is 2.10 bits per heavy atom. The van der Waals surface area contributed by atoms with Crippen LogP contribution in [0.2, 0.25) is 0 Å². The largest absolute Gasteiger partial charge is 0.465 e. The highest BCUT2D eigenvalue weighted by Gasteiger charge is 2.19. The van der Waals surface area contributed by atoms with E-state index in [1.165, 1.54) is 12.0 Å². The van der Waals surface area contributed by atoms with Crippen LogP contribution < -0.4 is 5.32 Å². The van der Waals surface area contributed by atoms with Gasteiger partial charge in [0.15, 0.2) is 5.13 Å². The normalized spacial score (nSPS) is 11.1. The van der Waals surface area contributed by atoms with Crippen LogP contribution in [0, 0.1) is 5.92 Å². The molecule has 0 saturated heterocycles. The Kier molecular flexibility index (Phi) is 6.26. The summed E-state index contributed by atoms with van der Waals surface area (Å²) in [4.78, 5) is 24.1. The Morgan fingerprint density at radius 3 is 2.77 bits per heavy atom. The number of esters is 1. The van der Waals surface area contributed by atoms with Gasteiger partial charge in [0.25, 0.3) is 0 Å². The Balaban J connectivity index is 1.70. The van der Waals surface area contributed by atoms with Crippen molar-refractivity contribution in [3.05, 3.63) is 57.0 Å². The lowest BCUT2D eigenvalue weighted by Gasteiger charge is -2.09. The van der Waals surface area contributed by atoms with Gasteiger partial charge >= 0.3 is 5.97 Å². The Bertz CT molecular complexity index is 1130. The molecule has 0 bridgehead atoms. The van der Waals surface area contributed by atoms with Gasteiger partial charge in [-0.1, -0.05) is 19.9 Å². The number of thiophene rings is 2. The van der Waals surface area contributed by atoms with E-state index in [1.807, 2.05) is 23.6 Å². The van der Waals surface area contributed by atoms with Gasteiger partial charge in [0.1, 0.15) is 11.4 Å². The van der Waals surface area contributed by atoms with Crippen LogP contribution in [0.5, 0.6) is 0 Å². The molecule has 0 atom stereocenters. The number of hydrogen-bond donors (Lipinski definition) is 1. The van der Waals surface area contributed by atoms with Crippen molar-refractivity contribution in [2.24, 2.45) is 5.92 Å². The minimum atomic E-state index is -0.430. The van der Waals surface area contributed by atoms with Crippen LogP contribution >= 0.6 is 34.0 Å². The predicted octanol–water partition coefficient (Wildman–Crippen LogP) is 6.72. The van der Waals surface area contributed by atoms with Crippen LogP contribution in [0.25, 0.3) is 21.7 Å². The first-order chi connectivity index (χ1) is 14.5. The third-order valence-electron chi connectivity index (χ3n) is 4.41. The number of nitrogens with zero attached hydrogens (tertiary/aromatic N) is 2. The Morgan fingerprint density at radius 1 is 1.23 bits per heavy atom. The number of anilines is 2. The monoisotopic (exact) mass is 455 g/mol. The smallest absolute Gasteiger partial charge is 0.341 e. The summed E-state index contributed by atoms with van der Waals surface area (Å²) in [6.45, 7) is 4.40. The molecule has 0 aliphatic heterocycles. The number of thiazole rings is 1. The van der Waals surface area contributed by atoms with E-state index in [0.29, 0.717) is 22.4 Å². The van der Waals surface area contributed by atoms with Crippen LogP contribution in [0.1, 0.15) is 29.1 Å². The van der Waals surface area contributed by atoms with Crippen molar-refractivity contribution in [1.82, 2.24) is 9.97 Å². The minimum Gasteiger partial charge on any atom is -0.465 e. The maximum Gasteiger partial charge on any atom is 0.341 e. The van der Waals surface area contributed by atoms with Crippen LogP contribution in [-0.4, -0.2) is 23.0 Å². The SMILES string of the molecule is COC(=O)c1cc(-c2cccs2)cnc1Nc1nc(-c2ccsc2)c(CC(C)C)s1. The van der Waals surface area contributed by atoms with Crippen molar-refractivity contribution in [1.29, 1.82) is 0 Å². The predicted molar refractivity (Wildman–Crippen MR) is 126 cm³/mol. The molecular formula is C22H21N3O2S3. The van der Waals surface area contributed by atoms with Gasteiger partial charge in [0.2, 0.25) is 0 Å². The highest BCUT2D eigenvalue weighted by atomic mass is 32.1. The molecule has 4 rings (SSSR count). The van der Waals surface area contributed by atoms with Gasteiger partial charge in [-0.25, -0.2) is 14.8 Å². The molecule has 4 aromatic rings. The van der Waals surface area contributed by atoms with E-state index in [0.717, 1.165) is 28.1 Å². The topological polar surface area (TPSA) is 64.1 Å². The molecule has 8 heteroatoms. The van der Waals surface area contributed by atoms with Crippen molar-refractivity contribution in [3.63, 3.8) is 0 Å². The third kappa shape index (κ3) is 4.45. The fourth-order valence-corrected chi connectivity index (χ4v) is 5.59. The van der Waals surface area contributed by atoms with E-state index < -0.39 is 5.97 Å². The summed E-state index contributed by atoms with van der Waals surface area (Å²) in [5.74, 6) is 0.536. The van der Waals surface area contributed by atoms with Crippen molar-refractivity contribution in [3.8, 4) is 21.7 Å². The maximum atomic E-state index is 12.4. The standard InChI is InChI=1S/C22H21N3O2S3/c1-13(2)9-18-19(14-6-8-28-12-14)24-22(30-18)25-20-16(21(26)27-3)10-15(11-23-20)17-5-4-7-29-17/h4-8,10-13H,9H2,1-3H3,(H,23,24,25). The van der Waals surface area contributed by atoms with Crippen LogP contribution in [0.15, 0.2) is 46.6 Å². The molecule has 0 saturated carbocycles. The number of aromatic nitrogens is 2. The molecule has 0 radical (unpaired) electrons. The molecule has 30 heavy (non-hydrogen) atoms. The van der Waals surface area contributed by atoms with Gasteiger partial charge in [-0.3, -0.25) is 0 Å². The second kappa shape index (κ2) is 9.07. The molecular weight excluding hydrogens is 434 g/mol. The summed E-state index contributed by atoms with van der Waals surface area (Å²) < 4.78 is 5.00. The van der Waals surface area contributed by atoms with Crippen molar-refractivity contribution >= 4 is 50.9 Å². The van der Waals surface area contributed by atoms with Crippen molar-refractivity contribution in [2.45, 2.75) is 20.3 Å². The van der Waals surface area contributed by atoms with E-state index in [-0.39, 0.29) is 0 Å². The fourth-order valence-electron chi connectivity index (χ4n) is 3.05. The number of hydrogen-bond acceptors (Lipinski definition) is 8. The van der Waals surface area contributed by atoms with Crippen molar-refractivity contribution < 1.29 is 9.53 Å². The van der Waals surface area contributed by atoms with Gasteiger partial charge in [-0.2, -0.15) is 11.3 Å². The highest BCUT2D eigenvalue weighted by Crippen LogP contribution is 2.36. The third-order valence-corrected chi connectivity index (χ3v) is 7.00. The number of ether oxygens (including phenoxy) is 1. The zero-order valence-electron chi connectivity index (χ0n) is 16.8. The number of pyridine rings is 1. The minimum absolute atomic E-state index is 0.390. The van der Waals surface area contributed by atoms with E-state index in [4.69, 9.17) is 9.72 Å². The van der Waals surface area contributed by atoms with Gasteiger partial charge in [-0.05, 0) is 41.3 Å². The Labute approximate surface area is 187 Å². The molecule has 1 N–H and O–H groups in total. The van der Waals surface area contributed by atoms with E-state index >= 15 is 0 Å². The summed E-state index contributed by atoms with van der Waals surface area (Å²) >= 11 is 4.86. The maximum absolute atomic E-state index is 12.4. The molecule has 5 nitrogen and oxygen atoms in total. The first-order valence-corrected chi connectivity index (χ1v) is 12.1. The van der Waals surface area contributed by atoms with Gasteiger partial charge < -0.3 is 10.1 Å². The van der Waals surface area contributed by atoms with E-state index in [2.05, 4.69) is 41.0 Å². The number of methoxy groups -OCH3 is 1. The second-order valence-corrected chi connectivity index (χ2v) is 9.93. The average molecular weight is 456 g/mol. The summed E-state index contributed by atoms with van der Waals surface area (Å²) in [6, 6.07) is 7.88. The average Bonchev–Trinajstić information content (AvgIpc) is 3.49. The van der Waals surface area contributed by atoms with Gasteiger partial charge in [0, 0.05) is 32.5 Å². The van der Waals surface area contributed by atoms with Gasteiger partial charge in [0.05, 0.1) is 12.8 Å². The van der Waals surface area contributed by atoms with E-state index in [9.17, 15) is 4.79 Å². The number of carbonyl (C=O) groups is 1. The first-order valence-electron chi connectivity index (χ1n) is 9.46. The van der Waals surface area contributed by atoms with Crippen molar-refractivity contribution in [2.75, 3.05) is 12.4 Å². The fraction of sp³-hybridized carbons (Fsp3) is 0.227. The zero-order chi connectivity index (χ0) is 21.1. The second-order valence-electron chi connectivity index (χ2n) is 7.11. The molecule has 0 aliphatic carbocycles. The van der Waals surface area contributed by atoms with E-state index in [1.54, 1.807) is 40.2 Å². The summed E-state index contributed by atoms with van der Waals surface area (Å²) in [5, 5.41) is 10.1. The molecule has 4 aromatic heterocycles. The molecule has 0 aromatic carbocycles. The van der Waals surface area contributed by atoms with Crippen LogP contribution in [0.3, 0.4) is 0 Å². The molecule has 0 fully saturated rings. The van der Waals surface area contributed by atoms with Crippen LogP contribution in [0.4, 0.5) is 10.9 Å². The highest BCUT2D eigenvalue weighted by molar-refractivity contribution is 7.16. The number of nitrogens with one attached hydrogen (secondary N) is 1. The molecule has 154 valence electrons. The first kappa shape index (κ1) is 20.7. The molecule has 4 heterocycles. The lowest BCUT2D eigenvalue weighted by Crippen LogP contribution is -2.07. The lowest BCUT2D eigenvalue weighted by atomic mass is 10.1. The molecule has 0 unspecified atom stereocenters. The van der Waals surface area contributed by atoms with Crippen LogP contribution in [-0.2, 0) is 11.2 Å². The summed E-state index contributed by atoms with van der Waals surface area (Å²) in [5.41, 5.74) is 3.39. The molecule has 0 spiro atoms. The van der Waals surface area contributed by atoms with Gasteiger partial charge in [-0.15, -0.1) is 22.7 Å². The summed E-state index contributed by atoms with van der Waals surface area (Å²) in [7, 11) is 1.38. The summed E-state index contributed by atoms with van der Waals surface area (Å²) in [6.07, 6.45) is 2.71. The zero-order valence-corrected chi connectivity index (χ0v) is 19.3. The number of rotatable bonds is 7. The molecule has 0 amide bonds. The number of carbonyl (C=O) groups excluding carboxylic acids is 1. The Hall–Kier alpha value is -2.55. The quantitative estimate of drug-likeness (QED) is 0.313. The molecule has 0 aliphatic rings.